The van der Waals surface area contributed by atoms with Gasteiger partial charge in [0.25, 0.3) is 5.91 Å². The molecule has 0 aromatic carbocycles. The standard InChI is InChI=1S/C11H13N3O4S/c1-5-4-12-11(19-5)14-10(18)13-8(15)6(2)7(3)9(16)17/h4H,1-3H3,(H,16,17)(H2,12,13,14,15,18). The van der Waals surface area contributed by atoms with Crippen molar-refractivity contribution < 1.29 is 19.5 Å². The zero-order chi connectivity index (χ0) is 14.6. The van der Waals surface area contributed by atoms with Gasteiger partial charge in [-0.3, -0.25) is 15.4 Å². The van der Waals surface area contributed by atoms with Crippen LogP contribution in [0.3, 0.4) is 0 Å². The van der Waals surface area contributed by atoms with Crippen LogP contribution in [0.15, 0.2) is 17.3 Å². The van der Waals surface area contributed by atoms with Crippen LogP contribution in [0.5, 0.6) is 0 Å². The van der Waals surface area contributed by atoms with Gasteiger partial charge in [0, 0.05) is 22.2 Å². The third kappa shape index (κ3) is 4.18. The van der Waals surface area contributed by atoms with E-state index in [1.165, 1.54) is 25.2 Å². The van der Waals surface area contributed by atoms with E-state index in [-0.39, 0.29) is 11.1 Å². The second-order valence-electron chi connectivity index (χ2n) is 3.74. The van der Waals surface area contributed by atoms with E-state index in [0.29, 0.717) is 5.13 Å². The van der Waals surface area contributed by atoms with E-state index in [4.69, 9.17) is 5.11 Å². The van der Waals surface area contributed by atoms with Gasteiger partial charge in [-0.05, 0) is 20.8 Å². The molecule has 0 saturated carbocycles. The Bertz CT molecular complexity index is 562. The summed E-state index contributed by atoms with van der Waals surface area (Å²) in [4.78, 5) is 38.6. The molecule has 8 heteroatoms. The van der Waals surface area contributed by atoms with Crippen LogP contribution < -0.4 is 10.6 Å². The second kappa shape index (κ2) is 6.10. The van der Waals surface area contributed by atoms with Gasteiger partial charge in [0.05, 0.1) is 0 Å². The number of aromatic nitrogens is 1. The molecule has 7 nitrogen and oxygen atoms in total. The number of carbonyl (C=O) groups is 3. The highest BCUT2D eigenvalue weighted by atomic mass is 32.1. The Kier molecular flexibility index (Phi) is 4.76. The highest BCUT2D eigenvalue weighted by Gasteiger charge is 2.15. The number of urea groups is 1. The van der Waals surface area contributed by atoms with E-state index in [9.17, 15) is 14.4 Å². The largest absolute Gasteiger partial charge is 0.478 e. The van der Waals surface area contributed by atoms with E-state index in [1.807, 2.05) is 12.2 Å². The van der Waals surface area contributed by atoms with E-state index in [2.05, 4.69) is 10.3 Å². The van der Waals surface area contributed by atoms with Crippen LogP contribution in [0.1, 0.15) is 18.7 Å². The summed E-state index contributed by atoms with van der Waals surface area (Å²) in [6, 6.07) is -0.753. The fourth-order valence-electron chi connectivity index (χ4n) is 1.07. The van der Waals surface area contributed by atoms with E-state index in [1.54, 1.807) is 6.20 Å². The van der Waals surface area contributed by atoms with Crippen LogP contribution in [-0.4, -0.2) is 28.0 Å². The second-order valence-corrected chi connectivity index (χ2v) is 4.97. The molecule has 0 unspecified atom stereocenters. The molecular weight excluding hydrogens is 270 g/mol. The number of aryl methyl sites for hydroxylation is 1. The lowest BCUT2D eigenvalue weighted by atomic mass is 10.1. The molecule has 0 bridgehead atoms. The summed E-state index contributed by atoms with van der Waals surface area (Å²) < 4.78 is 0. The molecule has 0 saturated heterocycles. The maximum absolute atomic E-state index is 11.6. The van der Waals surface area contributed by atoms with E-state index in [0.717, 1.165) is 4.88 Å². The topological polar surface area (TPSA) is 108 Å². The summed E-state index contributed by atoms with van der Waals surface area (Å²) in [7, 11) is 0. The number of anilines is 1. The number of aliphatic carboxylic acids is 1. The van der Waals surface area contributed by atoms with Crippen molar-refractivity contribution in [2.45, 2.75) is 20.8 Å². The maximum atomic E-state index is 11.6. The fraction of sp³-hybridized carbons (Fsp3) is 0.273. The molecule has 0 aliphatic carbocycles. The summed E-state index contributed by atoms with van der Waals surface area (Å²) >= 11 is 1.26. The fourth-order valence-corrected chi connectivity index (χ4v) is 1.73. The van der Waals surface area contributed by atoms with E-state index >= 15 is 0 Å². The highest BCUT2D eigenvalue weighted by Crippen LogP contribution is 2.16. The predicted molar refractivity (Wildman–Crippen MR) is 70.0 cm³/mol. The molecule has 0 spiro atoms. The molecule has 0 aliphatic rings. The summed E-state index contributed by atoms with van der Waals surface area (Å²) in [6.07, 6.45) is 1.59. The number of amides is 3. The maximum Gasteiger partial charge on any atom is 0.331 e. The molecule has 1 rings (SSSR count). The van der Waals surface area contributed by atoms with Crippen molar-refractivity contribution in [3.63, 3.8) is 0 Å². The van der Waals surface area contributed by atoms with Crippen LogP contribution in [0.2, 0.25) is 0 Å². The Balaban J connectivity index is 2.65. The van der Waals surface area contributed by atoms with Gasteiger partial charge >= 0.3 is 12.0 Å². The lowest BCUT2D eigenvalue weighted by Gasteiger charge is -2.05. The lowest BCUT2D eigenvalue weighted by molar-refractivity contribution is -0.133. The quantitative estimate of drug-likeness (QED) is 0.729. The van der Waals surface area contributed by atoms with Gasteiger partial charge in [0.1, 0.15) is 0 Å². The average molecular weight is 283 g/mol. The van der Waals surface area contributed by atoms with Gasteiger partial charge in [0.2, 0.25) is 0 Å². The Morgan fingerprint density at radius 2 is 1.89 bits per heavy atom. The molecular formula is C11H13N3O4S. The molecule has 19 heavy (non-hydrogen) atoms. The lowest BCUT2D eigenvalue weighted by Crippen LogP contribution is -2.35. The minimum atomic E-state index is -1.20. The average Bonchev–Trinajstić information content (AvgIpc) is 2.72. The van der Waals surface area contributed by atoms with Gasteiger partial charge in [-0.1, -0.05) is 0 Å². The van der Waals surface area contributed by atoms with Crippen LogP contribution in [0.4, 0.5) is 9.93 Å². The van der Waals surface area contributed by atoms with E-state index < -0.39 is 17.9 Å². The van der Waals surface area contributed by atoms with Crippen LogP contribution in [0, 0.1) is 6.92 Å². The van der Waals surface area contributed by atoms with Crippen molar-refractivity contribution in [3.8, 4) is 0 Å². The molecule has 0 radical (unpaired) electrons. The van der Waals surface area contributed by atoms with Crippen molar-refractivity contribution in [1.82, 2.24) is 10.3 Å². The molecule has 3 amide bonds. The first-order valence-corrected chi connectivity index (χ1v) is 6.08. The minimum absolute atomic E-state index is 0.0297. The van der Waals surface area contributed by atoms with Crippen LogP contribution in [0.25, 0.3) is 0 Å². The SMILES string of the molecule is CC(C(=O)O)=C(C)C(=O)NC(=O)Nc1ncc(C)s1. The summed E-state index contributed by atoms with van der Waals surface area (Å²) in [5.74, 6) is -1.96. The first-order valence-electron chi connectivity index (χ1n) is 5.26. The third-order valence-electron chi connectivity index (χ3n) is 2.29. The zero-order valence-corrected chi connectivity index (χ0v) is 11.4. The number of carbonyl (C=O) groups excluding carboxylic acids is 2. The predicted octanol–water partition coefficient (Wildman–Crippen LogP) is 1.52. The van der Waals surface area contributed by atoms with Crippen molar-refractivity contribution in [2.75, 3.05) is 5.32 Å². The number of carboxylic acid groups (broad SMARTS) is 1. The number of thiazole rings is 1. The van der Waals surface area contributed by atoms with Crippen molar-refractivity contribution in [2.24, 2.45) is 0 Å². The van der Waals surface area contributed by atoms with Gasteiger partial charge in [-0.25, -0.2) is 14.6 Å². The Morgan fingerprint density at radius 1 is 1.26 bits per heavy atom. The third-order valence-corrected chi connectivity index (χ3v) is 3.12. The van der Waals surface area contributed by atoms with Crippen LogP contribution in [-0.2, 0) is 9.59 Å². The van der Waals surface area contributed by atoms with Gasteiger partial charge in [0.15, 0.2) is 5.13 Å². The molecule has 1 aromatic heterocycles. The number of nitrogens with zero attached hydrogens (tertiary/aromatic N) is 1. The smallest absolute Gasteiger partial charge is 0.331 e. The number of carboxylic acids is 1. The molecule has 0 atom stereocenters. The minimum Gasteiger partial charge on any atom is -0.478 e. The van der Waals surface area contributed by atoms with Gasteiger partial charge in [-0.15, -0.1) is 11.3 Å². The molecule has 1 heterocycles. The zero-order valence-electron chi connectivity index (χ0n) is 10.6. The van der Waals surface area contributed by atoms with Crippen molar-refractivity contribution in [3.05, 3.63) is 22.2 Å². The molecule has 1 aromatic rings. The summed E-state index contributed by atoms with van der Waals surface area (Å²) in [5.41, 5.74) is -0.145. The Hall–Kier alpha value is -2.22. The first kappa shape index (κ1) is 14.8. The number of hydrogen-bond donors (Lipinski definition) is 3. The number of nitrogens with one attached hydrogen (secondary N) is 2. The molecule has 0 aliphatic heterocycles. The van der Waals surface area contributed by atoms with Gasteiger partial charge in [-0.2, -0.15) is 0 Å². The normalized spacial score (nSPS) is 11.5. The molecule has 3 N–H and O–H groups in total. The number of hydrogen-bond acceptors (Lipinski definition) is 5. The number of rotatable bonds is 3. The van der Waals surface area contributed by atoms with Crippen molar-refractivity contribution >= 4 is 34.4 Å². The summed E-state index contributed by atoms with van der Waals surface area (Å²) in [6.45, 7) is 4.45. The number of imide groups is 1. The monoisotopic (exact) mass is 283 g/mol. The Morgan fingerprint density at radius 3 is 2.37 bits per heavy atom. The van der Waals surface area contributed by atoms with Gasteiger partial charge < -0.3 is 5.11 Å². The summed E-state index contributed by atoms with van der Waals surface area (Å²) in [5, 5.41) is 13.5. The van der Waals surface area contributed by atoms with Crippen LogP contribution >= 0.6 is 11.3 Å². The highest BCUT2D eigenvalue weighted by molar-refractivity contribution is 7.15. The first-order chi connectivity index (χ1) is 8.81. The molecule has 102 valence electrons. The van der Waals surface area contributed by atoms with Crippen molar-refractivity contribution in [1.29, 1.82) is 0 Å². The molecule has 0 fully saturated rings. The Labute approximate surface area is 113 Å².